The van der Waals surface area contributed by atoms with Gasteiger partial charge in [-0.1, -0.05) is 45.9 Å². The molecule has 322 valence electrons. The predicted molar refractivity (Wildman–Crippen MR) is 220 cm³/mol. The van der Waals surface area contributed by atoms with Crippen molar-refractivity contribution in [3.8, 4) is 23.0 Å². The van der Waals surface area contributed by atoms with Crippen LogP contribution in [0.2, 0.25) is 0 Å². The molecule has 4 aliphatic rings. The van der Waals surface area contributed by atoms with Crippen molar-refractivity contribution in [3.05, 3.63) is 52.8 Å². The van der Waals surface area contributed by atoms with Gasteiger partial charge in [0.15, 0.2) is 5.75 Å². The van der Waals surface area contributed by atoms with Gasteiger partial charge >= 0.3 is 11.8 Å². The summed E-state index contributed by atoms with van der Waals surface area (Å²) in [6, 6.07) is 0. The van der Waals surface area contributed by atoms with Gasteiger partial charge in [-0.3, -0.25) is 19.4 Å². The Hall–Kier alpha value is -5.16. The minimum atomic E-state index is -2.04. The van der Waals surface area contributed by atoms with Crippen molar-refractivity contribution >= 4 is 40.3 Å². The van der Waals surface area contributed by atoms with E-state index >= 15 is 0 Å². The number of carbonyl (C=O) groups is 3. The second-order valence-electron chi connectivity index (χ2n) is 16.1. The third-order valence-corrected chi connectivity index (χ3v) is 11.9. The van der Waals surface area contributed by atoms with E-state index in [-0.39, 0.29) is 44.5 Å². The van der Waals surface area contributed by atoms with Crippen molar-refractivity contribution in [1.82, 2.24) is 9.91 Å². The summed E-state index contributed by atoms with van der Waals surface area (Å²) >= 11 is 0. The van der Waals surface area contributed by atoms with Gasteiger partial charge in [0.2, 0.25) is 0 Å². The standard InChI is InChI=1S/C43H58N4O12/c1-21-12-11-13-22(2)42(55)45-33-28(20-44-47-17-15-46(9)16-18-47)37(52)30-31(38(33)53)36(51)26(6)40-32(30)41(54)43(8,59-40)57-19-14-29(56-10)23(3)39(58-27(7)48)25(5)35(50)24(4)34(21)49/h11-14,19-21,23-25,29,34-35,39,49-53H,15-18H2,1-10H3,(H,45,55)/b12-11-,19-14?,22-13-,44-20+/t21?,23-,24-,25-,29+,34+,35-,39+,43+/m1/s1. The molecule has 5 bridgehead atoms. The Bertz CT molecular complexity index is 2070. The van der Waals surface area contributed by atoms with Crippen molar-refractivity contribution in [3.63, 3.8) is 0 Å². The van der Waals surface area contributed by atoms with Crippen LogP contribution in [0.1, 0.15) is 70.0 Å². The molecule has 6 rings (SSSR count). The van der Waals surface area contributed by atoms with Gasteiger partial charge in [-0.15, -0.1) is 0 Å². The first-order valence-corrected chi connectivity index (χ1v) is 19.8. The van der Waals surface area contributed by atoms with Crippen LogP contribution in [0.3, 0.4) is 0 Å². The van der Waals surface area contributed by atoms with E-state index < -0.39 is 88.8 Å². The number of fused-ring (bicyclic) bond motifs is 14. The average Bonchev–Trinajstić information content (AvgIpc) is 3.46. The summed E-state index contributed by atoms with van der Waals surface area (Å²) in [5.41, 5.74) is -0.350. The van der Waals surface area contributed by atoms with E-state index in [9.17, 15) is 39.9 Å². The van der Waals surface area contributed by atoms with E-state index in [1.54, 1.807) is 44.9 Å². The number of amides is 1. The van der Waals surface area contributed by atoms with Gasteiger partial charge in [0, 0.05) is 87.3 Å². The number of benzene rings is 2. The Morgan fingerprint density at radius 1 is 0.949 bits per heavy atom. The first-order chi connectivity index (χ1) is 27.7. The topological polar surface area (TPSA) is 220 Å². The van der Waals surface area contributed by atoms with E-state index in [0.29, 0.717) is 13.1 Å². The maximum absolute atomic E-state index is 14.4. The monoisotopic (exact) mass is 822 g/mol. The number of aliphatic hydroxyl groups is 2. The molecule has 1 unspecified atom stereocenters. The Labute approximate surface area is 344 Å². The molecule has 16 nitrogen and oxygen atoms in total. The highest BCUT2D eigenvalue weighted by Gasteiger charge is 2.50. The zero-order chi connectivity index (χ0) is 43.7. The van der Waals surface area contributed by atoms with Crippen LogP contribution in [-0.2, 0) is 23.8 Å². The summed E-state index contributed by atoms with van der Waals surface area (Å²) in [5, 5.41) is 66.8. The number of phenolic OH excluding ortho intramolecular Hbond substituents is 3. The lowest BCUT2D eigenvalue weighted by atomic mass is 9.78. The fraction of sp³-hybridized carbons (Fsp3) is 0.535. The molecule has 0 spiro atoms. The van der Waals surface area contributed by atoms with Gasteiger partial charge in [0.25, 0.3) is 11.7 Å². The second kappa shape index (κ2) is 18.0. The molecule has 4 heterocycles. The molecule has 2 aromatic rings. The number of hydrazone groups is 1. The number of allylic oxidation sites excluding steroid dienone is 2. The molecule has 2 aromatic carbocycles. The van der Waals surface area contributed by atoms with Crippen LogP contribution in [0, 0.1) is 30.6 Å². The number of anilines is 1. The Balaban J connectivity index is 1.70. The summed E-state index contributed by atoms with van der Waals surface area (Å²) in [7, 11) is 3.42. The first kappa shape index (κ1) is 44.9. The van der Waals surface area contributed by atoms with Crippen LogP contribution in [0.15, 0.2) is 41.2 Å². The van der Waals surface area contributed by atoms with Crippen LogP contribution >= 0.6 is 0 Å². The number of nitrogens with zero attached hydrogens (tertiary/aromatic N) is 3. The van der Waals surface area contributed by atoms with E-state index in [1.807, 2.05) is 7.05 Å². The fourth-order valence-corrected chi connectivity index (χ4v) is 7.92. The molecule has 0 saturated carbocycles. The van der Waals surface area contributed by atoms with E-state index in [1.165, 1.54) is 59.4 Å². The maximum atomic E-state index is 14.4. The van der Waals surface area contributed by atoms with Gasteiger partial charge < -0.3 is 54.7 Å². The molecule has 0 aliphatic carbocycles. The summed E-state index contributed by atoms with van der Waals surface area (Å²) in [4.78, 5) is 42.6. The van der Waals surface area contributed by atoms with Crippen LogP contribution in [0.5, 0.6) is 23.0 Å². The van der Waals surface area contributed by atoms with Crippen LogP contribution < -0.4 is 10.1 Å². The van der Waals surface area contributed by atoms with Gasteiger partial charge in [0.05, 0.1) is 53.0 Å². The third kappa shape index (κ3) is 8.91. The second-order valence-corrected chi connectivity index (χ2v) is 16.1. The molecule has 0 aromatic heterocycles. The highest BCUT2D eigenvalue weighted by Crippen LogP contribution is 2.55. The number of Topliss-reactive ketones (excluding diaryl/α,β-unsaturated/α-hetero) is 1. The molecular formula is C43H58N4O12. The van der Waals surface area contributed by atoms with E-state index in [4.69, 9.17) is 18.9 Å². The molecular weight excluding hydrogens is 764 g/mol. The summed E-state index contributed by atoms with van der Waals surface area (Å²) < 4.78 is 23.6. The van der Waals surface area contributed by atoms with Crippen LogP contribution in [-0.4, -0.2) is 130 Å². The third-order valence-electron chi connectivity index (χ3n) is 11.9. The van der Waals surface area contributed by atoms with Gasteiger partial charge in [-0.2, -0.15) is 5.10 Å². The minimum Gasteiger partial charge on any atom is -0.507 e. The Kier molecular flexibility index (Phi) is 13.7. The number of rotatable bonds is 4. The number of hydrogen-bond acceptors (Lipinski definition) is 15. The molecule has 59 heavy (non-hydrogen) atoms. The molecule has 4 aliphatic heterocycles. The molecule has 1 saturated heterocycles. The highest BCUT2D eigenvalue weighted by atomic mass is 16.7. The van der Waals surface area contributed by atoms with Crippen molar-refractivity contribution in [1.29, 1.82) is 0 Å². The lowest BCUT2D eigenvalue weighted by molar-refractivity contribution is -0.160. The van der Waals surface area contributed by atoms with Crippen molar-refractivity contribution in [2.75, 3.05) is 45.7 Å². The molecule has 16 heteroatoms. The number of aliphatic hydroxyl groups excluding tert-OH is 2. The van der Waals surface area contributed by atoms with Gasteiger partial charge in [-0.25, -0.2) is 0 Å². The van der Waals surface area contributed by atoms with Crippen molar-refractivity contribution in [2.45, 2.75) is 85.6 Å². The van der Waals surface area contributed by atoms with Gasteiger partial charge in [-0.05, 0) is 27.0 Å². The SMILES string of the molecule is CO[C@H]1C=CO[C@@]2(C)Oc3c(C)c(O)c4c(O)c(c(/C=N/N5CCN(C)CC5)c(O)c4c3C2=O)NC(=O)/C(C)=C\C=C/C(C)[C@H](O)[C@@H](C)[C@@H](O)[C@@H](C)[C@@H](OC(C)=O)[C@@H]1C. The van der Waals surface area contributed by atoms with Crippen molar-refractivity contribution < 1.29 is 58.9 Å². The molecule has 0 radical (unpaired) electrons. The Morgan fingerprint density at radius 2 is 1.61 bits per heavy atom. The van der Waals surface area contributed by atoms with E-state index in [2.05, 4.69) is 15.3 Å². The zero-order valence-electron chi connectivity index (χ0n) is 35.3. The Morgan fingerprint density at radius 3 is 2.24 bits per heavy atom. The number of aromatic hydroxyl groups is 3. The summed E-state index contributed by atoms with van der Waals surface area (Å²) in [6.07, 6.45) is 4.86. The first-order valence-electron chi connectivity index (χ1n) is 19.8. The molecule has 1 amide bonds. The predicted octanol–water partition coefficient (Wildman–Crippen LogP) is 4.34. The smallest absolute Gasteiger partial charge is 0.312 e. The molecule has 6 N–H and O–H groups in total. The quantitative estimate of drug-likeness (QED) is 0.109. The van der Waals surface area contributed by atoms with Crippen LogP contribution in [0.4, 0.5) is 5.69 Å². The minimum absolute atomic E-state index is 0.0559. The van der Waals surface area contributed by atoms with Crippen molar-refractivity contribution in [2.24, 2.45) is 28.8 Å². The molecule has 1 fully saturated rings. The van der Waals surface area contributed by atoms with Gasteiger partial charge in [0.1, 0.15) is 23.4 Å². The number of likely N-dealkylation sites (N-methyl/N-ethyl adjacent to an activating group) is 1. The lowest BCUT2D eigenvalue weighted by Crippen LogP contribution is -2.46. The number of hydrogen-bond donors (Lipinski definition) is 6. The highest BCUT2D eigenvalue weighted by molar-refractivity contribution is 6.23. The zero-order valence-corrected chi connectivity index (χ0v) is 35.3. The molecule has 9 atom stereocenters. The lowest BCUT2D eigenvalue weighted by Gasteiger charge is -2.38. The number of nitrogens with one attached hydrogen (secondary N) is 1. The normalized spacial score (nSPS) is 31.5. The summed E-state index contributed by atoms with van der Waals surface area (Å²) in [5.74, 6) is -8.34. The maximum Gasteiger partial charge on any atom is 0.312 e. The largest absolute Gasteiger partial charge is 0.507 e. The number of piperazine rings is 1. The number of ketones is 1. The number of methoxy groups -OCH3 is 1. The number of ether oxygens (including phenoxy) is 4. The number of phenols is 3. The average molecular weight is 823 g/mol. The fourth-order valence-electron chi connectivity index (χ4n) is 7.92. The summed E-state index contributed by atoms with van der Waals surface area (Å²) in [6.45, 7) is 15.1. The van der Waals surface area contributed by atoms with Crippen LogP contribution in [0.25, 0.3) is 10.8 Å². The number of esters is 1. The van der Waals surface area contributed by atoms with E-state index in [0.717, 1.165) is 13.1 Å². The number of carbonyl (C=O) groups excluding carboxylic acids is 3.